The van der Waals surface area contributed by atoms with E-state index in [1.165, 1.54) is 20.3 Å². The van der Waals surface area contributed by atoms with Gasteiger partial charge in [-0.15, -0.1) is 0 Å². The van der Waals surface area contributed by atoms with Crippen molar-refractivity contribution in [3.8, 4) is 22.9 Å². The summed E-state index contributed by atoms with van der Waals surface area (Å²) in [4.78, 5) is 3.25. The molecule has 0 heterocycles. The van der Waals surface area contributed by atoms with Crippen molar-refractivity contribution in [2.75, 3.05) is 14.2 Å². The summed E-state index contributed by atoms with van der Waals surface area (Å²) in [5, 5.41) is 25.1. The molecule has 0 radical (unpaired) electrons. The number of aliphatic hydroxyl groups is 1. The zero-order valence-electron chi connectivity index (χ0n) is 12.2. The van der Waals surface area contributed by atoms with Crippen LogP contribution in [0.15, 0.2) is 36.4 Å². The number of aliphatic hydroxyl groups excluding tert-OH is 1. The lowest BCUT2D eigenvalue weighted by atomic mass is 9.99. The van der Waals surface area contributed by atoms with Crippen LogP contribution in [0.1, 0.15) is 11.1 Å². The molecule has 6 heteroatoms. The van der Waals surface area contributed by atoms with Crippen LogP contribution in [-0.4, -0.2) is 24.6 Å². The molecule has 0 aliphatic carbocycles. The predicted molar refractivity (Wildman–Crippen MR) is 78.7 cm³/mol. The van der Waals surface area contributed by atoms with Crippen LogP contribution in [0.2, 0.25) is 0 Å². The largest absolute Gasteiger partial charge is 0.496 e. The fourth-order valence-corrected chi connectivity index (χ4v) is 1.91. The molecule has 22 heavy (non-hydrogen) atoms. The molecule has 0 aliphatic rings. The second-order valence-corrected chi connectivity index (χ2v) is 4.15. The Balaban J connectivity index is 0.000000745. The van der Waals surface area contributed by atoms with Crippen molar-refractivity contribution in [1.29, 1.82) is 5.26 Å². The Bertz CT molecular complexity index is 668. The molecule has 0 amide bonds. The van der Waals surface area contributed by atoms with Gasteiger partial charge in [0.2, 0.25) is 0 Å². The topological polar surface area (TPSA) is 82.7 Å². The first kappa shape index (κ1) is 17.6. The Morgan fingerprint density at radius 1 is 1.23 bits per heavy atom. The van der Waals surface area contributed by atoms with E-state index < -0.39 is 5.82 Å². The van der Waals surface area contributed by atoms with Crippen LogP contribution < -0.4 is 4.74 Å². The van der Waals surface area contributed by atoms with Crippen molar-refractivity contribution in [2.24, 2.45) is 0 Å². The summed E-state index contributed by atoms with van der Waals surface area (Å²) in [5.74, 6) is -0.165. The van der Waals surface area contributed by atoms with Gasteiger partial charge in [-0.2, -0.15) is 5.26 Å². The lowest BCUT2D eigenvalue weighted by Crippen LogP contribution is -1.97. The number of nitrogens with zero attached hydrogens (tertiary/aromatic N) is 1. The maximum absolute atomic E-state index is 14.3. The van der Waals surface area contributed by atoms with E-state index in [1.807, 2.05) is 6.07 Å². The number of benzene rings is 2. The maximum atomic E-state index is 14.3. The summed E-state index contributed by atoms with van der Waals surface area (Å²) in [6.45, 7) is -0.388. The van der Waals surface area contributed by atoms with Crippen molar-refractivity contribution in [1.82, 2.24) is 0 Å². The number of rotatable bonds is 3. The Hall–Kier alpha value is -2.46. The SMILES string of the molecule is COO.COc1ccc(CO)c(F)c1-c1cccc(C#N)c1. The average molecular weight is 305 g/mol. The highest BCUT2D eigenvalue weighted by Gasteiger charge is 2.15. The van der Waals surface area contributed by atoms with Gasteiger partial charge in [-0.05, 0) is 23.8 Å². The molecular formula is C16H16FNO4. The van der Waals surface area contributed by atoms with Crippen LogP contribution in [0.5, 0.6) is 5.75 Å². The van der Waals surface area contributed by atoms with Gasteiger partial charge in [0.05, 0.1) is 38.0 Å². The molecule has 2 aromatic rings. The van der Waals surface area contributed by atoms with E-state index in [-0.39, 0.29) is 17.7 Å². The molecule has 0 atom stereocenters. The van der Waals surface area contributed by atoms with Crippen molar-refractivity contribution < 1.29 is 24.4 Å². The minimum atomic E-state index is -0.531. The van der Waals surface area contributed by atoms with Crippen molar-refractivity contribution >= 4 is 0 Å². The number of ether oxygens (including phenoxy) is 1. The number of hydrogen-bond donors (Lipinski definition) is 2. The summed E-state index contributed by atoms with van der Waals surface area (Å²) in [5.41, 5.74) is 1.43. The first-order valence-electron chi connectivity index (χ1n) is 6.27. The zero-order chi connectivity index (χ0) is 16.5. The number of methoxy groups -OCH3 is 1. The van der Waals surface area contributed by atoms with Gasteiger partial charge in [0, 0.05) is 5.56 Å². The van der Waals surface area contributed by atoms with Crippen LogP contribution in [0, 0.1) is 17.1 Å². The molecule has 0 bridgehead atoms. The second kappa shape index (κ2) is 8.74. The molecule has 0 saturated carbocycles. The molecule has 5 nitrogen and oxygen atoms in total. The molecule has 2 aromatic carbocycles. The van der Waals surface area contributed by atoms with Gasteiger partial charge in [0.25, 0.3) is 0 Å². The maximum Gasteiger partial charge on any atom is 0.140 e. The van der Waals surface area contributed by atoms with Crippen LogP contribution in [-0.2, 0) is 11.5 Å². The summed E-state index contributed by atoms with van der Waals surface area (Å²) < 4.78 is 19.5. The van der Waals surface area contributed by atoms with Crippen molar-refractivity contribution in [2.45, 2.75) is 6.61 Å². The van der Waals surface area contributed by atoms with Crippen LogP contribution >= 0.6 is 0 Å². The summed E-state index contributed by atoms with van der Waals surface area (Å²) >= 11 is 0. The molecule has 2 N–H and O–H groups in total. The third kappa shape index (κ3) is 4.02. The van der Waals surface area contributed by atoms with Crippen molar-refractivity contribution in [3.63, 3.8) is 0 Å². The highest BCUT2D eigenvalue weighted by atomic mass is 19.1. The third-order valence-electron chi connectivity index (χ3n) is 2.85. The highest BCUT2D eigenvalue weighted by molar-refractivity contribution is 5.73. The van der Waals surface area contributed by atoms with E-state index in [0.29, 0.717) is 16.9 Å². The summed E-state index contributed by atoms with van der Waals surface area (Å²) in [6.07, 6.45) is 0. The zero-order valence-corrected chi connectivity index (χ0v) is 12.2. The quantitative estimate of drug-likeness (QED) is 0.673. The van der Waals surface area contributed by atoms with E-state index in [9.17, 15) is 4.39 Å². The molecule has 116 valence electrons. The minimum Gasteiger partial charge on any atom is -0.496 e. The lowest BCUT2D eigenvalue weighted by molar-refractivity contribution is -0.214. The van der Waals surface area contributed by atoms with Crippen LogP contribution in [0.4, 0.5) is 4.39 Å². The molecule has 0 aromatic heterocycles. The Morgan fingerprint density at radius 2 is 1.91 bits per heavy atom. The van der Waals surface area contributed by atoms with E-state index in [2.05, 4.69) is 4.89 Å². The Morgan fingerprint density at radius 3 is 2.45 bits per heavy atom. The monoisotopic (exact) mass is 305 g/mol. The smallest absolute Gasteiger partial charge is 0.140 e. The minimum absolute atomic E-state index is 0.193. The normalized spacial score (nSPS) is 9.45. The average Bonchev–Trinajstić information content (AvgIpc) is 2.55. The fraction of sp³-hybridized carbons (Fsp3) is 0.188. The third-order valence-corrected chi connectivity index (χ3v) is 2.85. The van der Waals surface area contributed by atoms with Crippen molar-refractivity contribution in [3.05, 3.63) is 53.3 Å². The second-order valence-electron chi connectivity index (χ2n) is 4.15. The molecule has 0 aliphatic heterocycles. The van der Waals surface area contributed by atoms with Gasteiger partial charge >= 0.3 is 0 Å². The van der Waals surface area contributed by atoms with Gasteiger partial charge in [0.1, 0.15) is 11.6 Å². The van der Waals surface area contributed by atoms with Crippen LogP contribution in [0.25, 0.3) is 11.1 Å². The predicted octanol–water partition coefficient (Wildman–Crippen LogP) is 2.97. The molecule has 0 unspecified atom stereocenters. The molecular weight excluding hydrogens is 289 g/mol. The van der Waals surface area contributed by atoms with Gasteiger partial charge in [0.15, 0.2) is 0 Å². The van der Waals surface area contributed by atoms with E-state index >= 15 is 0 Å². The van der Waals surface area contributed by atoms with E-state index in [4.69, 9.17) is 20.4 Å². The highest BCUT2D eigenvalue weighted by Crippen LogP contribution is 2.34. The van der Waals surface area contributed by atoms with Gasteiger partial charge < -0.3 is 9.84 Å². The van der Waals surface area contributed by atoms with Gasteiger partial charge in [-0.1, -0.05) is 18.2 Å². The number of halogens is 1. The first-order valence-corrected chi connectivity index (χ1v) is 6.27. The van der Waals surface area contributed by atoms with E-state index in [0.717, 1.165) is 0 Å². The molecule has 0 spiro atoms. The Labute approximate surface area is 127 Å². The molecule has 2 rings (SSSR count). The number of hydrogen-bond acceptors (Lipinski definition) is 5. The fourth-order valence-electron chi connectivity index (χ4n) is 1.91. The van der Waals surface area contributed by atoms with Gasteiger partial charge in [-0.25, -0.2) is 9.28 Å². The number of nitriles is 1. The molecule has 0 saturated heterocycles. The van der Waals surface area contributed by atoms with Crippen LogP contribution in [0.3, 0.4) is 0 Å². The summed E-state index contributed by atoms with van der Waals surface area (Å²) in [7, 11) is 2.63. The molecule has 0 fully saturated rings. The van der Waals surface area contributed by atoms with E-state index in [1.54, 1.807) is 30.3 Å². The van der Waals surface area contributed by atoms with Gasteiger partial charge in [-0.3, -0.25) is 5.26 Å². The first-order chi connectivity index (χ1) is 10.6. The lowest BCUT2D eigenvalue weighted by Gasteiger charge is -2.12. The summed E-state index contributed by atoms with van der Waals surface area (Å²) in [6, 6.07) is 11.7. The Kier molecular flexibility index (Phi) is 6.99. The standard InChI is InChI=1S/C15H12FNO2.CH4O2/c1-19-13-6-5-12(9-18)15(16)14(13)11-4-2-3-10(7-11)8-17;1-3-2/h2-7,18H,9H2,1H3;2H,1H3.